The average molecular weight is 228 g/mol. The molecule has 0 unspecified atom stereocenters. The van der Waals surface area contributed by atoms with Crippen molar-refractivity contribution in [1.29, 1.82) is 0 Å². The maximum absolute atomic E-state index is 11.0. The second-order valence-corrected chi connectivity index (χ2v) is 4.45. The number of carbonyl (C=O) groups excluding carboxylic acids is 1. The molecule has 0 N–H and O–H groups in total. The maximum Gasteiger partial charge on any atom is 0.185 e. The van der Waals surface area contributed by atoms with E-state index in [4.69, 9.17) is 4.42 Å². The zero-order chi connectivity index (χ0) is 12.6. The molecule has 2 nitrogen and oxygen atoms in total. The van der Waals surface area contributed by atoms with Crippen LogP contribution in [0.1, 0.15) is 32.8 Å². The SMILES string of the molecule is Cc1cc(C)c(C)c(-c2ccoc2C=O)c1C. The van der Waals surface area contributed by atoms with Gasteiger partial charge in [0.15, 0.2) is 12.0 Å². The number of carbonyl (C=O) groups is 1. The highest BCUT2D eigenvalue weighted by Crippen LogP contribution is 2.33. The number of hydrogen-bond acceptors (Lipinski definition) is 2. The molecule has 2 rings (SSSR count). The van der Waals surface area contributed by atoms with Gasteiger partial charge >= 0.3 is 0 Å². The Kier molecular flexibility index (Phi) is 2.88. The Morgan fingerprint density at radius 3 is 2.18 bits per heavy atom. The smallest absolute Gasteiger partial charge is 0.185 e. The van der Waals surface area contributed by atoms with E-state index in [2.05, 4.69) is 33.8 Å². The third-order valence-corrected chi connectivity index (χ3v) is 3.44. The van der Waals surface area contributed by atoms with Crippen molar-refractivity contribution in [2.75, 3.05) is 0 Å². The topological polar surface area (TPSA) is 30.2 Å². The molecule has 1 aromatic carbocycles. The van der Waals surface area contributed by atoms with Gasteiger partial charge in [-0.25, -0.2) is 0 Å². The highest BCUT2D eigenvalue weighted by atomic mass is 16.3. The largest absolute Gasteiger partial charge is 0.461 e. The van der Waals surface area contributed by atoms with Gasteiger partial charge in [-0.05, 0) is 61.6 Å². The Morgan fingerprint density at radius 1 is 1.06 bits per heavy atom. The number of hydrogen-bond donors (Lipinski definition) is 0. The Balaban J connectivity index is 2.79. The molecule has 0 amide bonds. The number of rotatable bonds is 2. The average Bonchev–Trinajstić information content (AvgIpc) is 2.75. The molecule has 0 aliphatic heterocycles. The summed E-state index contributed by atoms with van der Waals surface area (Å²) in [6.45, 7) is 8.34. The Morgan fingerprint density at radius 2 is 1.65 bits per heavy atom. The fourth-order valence-electron chi connectivity index (χ4n) is 2.24. The zero-order valence-electron chi connectivity index (χ0n) is 10.6. The van der Waals surface area contributed by atoms with Gasteiger partial charge in [0, 0.05) is 5.56 Å². The van der Waals surface area contributed by atoms with Crippen molar-refractivity contribution in [3.05, 3.63) is 46.4 Å². The lowest BCUT2D eigenvalue weighted by molar-refractivity contribution is 0.110. The standard InChI is InChI=1S/C15H16O2/c1-9-7-10(2)12(4)15(11(9)3)13-5-6-17-14(13)8-16/h5-8H,1-4H3. The fourth-order valence-corrected chi connectivity index (χ4v) is 2.24. The molecular formula is C15H16O2. The second kappa shape index (κ2) is 4.21. The molecule has 88 valence electrons. The van der Waals surface area contributed by atoms with E-state index in [1.54, 1.807) is 6.26 Å². The van der Waals surface area contributed by atoms with Crippen LogP contribution in [-0.4, -0.2) is 6.29 Å². The Hall–Kier alpha value is -1.83. The molecule has 0 saturated carbocycles. The van der Waals surface area contributed by atoms with Gasteiger partial charge in [-0.1, -0.05) is 6.07 Å². The first-order chi connectivity index (χ1) is 8.06. The predicted octanol–water partition coefficient (Wildman–Crippen LogP) is 3.99. The van der Waals surface area contributed by atoms with E-state index in [0.29, 0.717) is 5.76 Å². The third-order valence-electron chi connectivity index (χ3n) is 3.44. The molecule has 1 aromatic heterocycles. The molecule has 2 aromatic rings. The highest BCUT2D eigenvalue weighted by Gasteiger charge is 2.15. The molecule has 1 heterocycles. The summed E-state index contributed by atoms with van der Waals surface area (Å²) in [5, 5.41) is 0. The van der Waals surface area contributed by atoms with E-state index in [0.717, 1.165) is 17.4 Å². The lowest BCUT2D eigenvalue weighted by Gasteiger charge is -2.14. The van der Waals surface area contributed by atoms with E-state index in [1.807, 2.05) is 6.07 Å². The van der Waals surface area contributed by atoms with Crippen molar-refractivity contribution in [3.8, 4) is 11.1 Å². The normalized spacial score (nSPS) is 10.6. The number of benzene rings is 1. The molecule has 0 spiro atoms. The van der Waals surface area contributed by atoms with Crippen LogP contribution in [0.5, 0.6) is 0 Å². The van der Waals surface area contributed by atoms with E-state index in [9.17, 15) is 4.79 Å². The minimum atomic E-state index is 0.404. The van der Waals surface area contributed by atoms with Crippen LogP contribution in [0.4, 0.5) is 0 Å². The number of furan rings is 1. The summed E-state index contributed by atoms with van der Waals surface area (Å²) in [4.78, 5) is 11.0. The molecule has 17 heavy (non-hydrogen) atoms. The van der Waals surface area contributed by atoms with Crippen LogP contribution in [0.15, 0.2) is 22.8 Å². The van der Waals surface area contributed by atoms with Crippen LogP contribution in [0.3, 0.4) is 0 Å². The first-order valence-electron chi connectivity index (χ1n) is 5.66. The Bertz CT molecular complexity index is 551. The van der Waals surface area contributed by atoms with Gasteiger partial charge in [0.25, 0.3) is 0 Å². The minimum absolute atomic E-state index is 0.404. The molecule has 0 atom stereocenters. The zero-order valence-corrected chi connectivity index (χ0v) is 10.6. The summed E-state index contributed by atoms with van der Waals surface area (Å²) < 4.78 is 5.19. The van der Waals surface area contributed by atoms with E-state index in [1.165, 1.54) is 22.3 Å². The van der Waals surface area contributed by atoms with Crippen molar-refractivity contribution < 1.29 is 9.21 Å². The molecule has 0 aliphatic rings. The van der Waals surface area contributed by atoms with Crippen molar-refractivity contribution in [2.45, 2.75) is 27.7 Å². The van der Waals surface area contributed by atoms with Crippen LogP contribution in [0.2, 0.25) is 0 Å². The summed E-state index contributed by atoms with van der Waals surface area (Å²) in [5.74, 6) is 0.404. The van der Waals surface area contributed by atoms with Crippen molar-refractivity contribution in [2.24, 2.45) is 0 Å². The van der Waals surface area contributed by atoms with Gasteiger partial charge in [0.2, 0.25) is 0 Å². The van der Waals surface area contributed by atoms with Crippen LogP contribution in [-0.2, 0) is 0 Å². The number of aryl methyl sites for hydroxylation is 2. The molecule has 0 radical (unpaired) electrons. The quantitative estimate of drug-likeness (QED) is 0.727. The molecule has 2 heteroatoms. The fraction of sp³-hybridized carbons (Fsp3) is 0.267. The van der Waals surface area contributed by atoms with Gasteiger partial charge in [-0.3, -0.25) is 4.79 Å². The van der Waals surface area contributed by atoms with Gasteiger partial charge in [0.05, 0.1) is 6.26 Å². The second-order valence-electron chi connectivity index (χ2n) is 4.45. The minimum Gasteiger partial charge on any atom is -0.461 e. The molecule has 0 bridgehead atoms. The van der Waals surface area contributed by atoms with Crippen LogP contribution in [0.25, 0.3) is 11.1 Å². The van der Waals surface area contributed by atoms with Crippen molar-refractivity contribution in [3.63, 3.8) is 0 Å². The van der Waals surface area contributed by atoms with Crippen LogP contribution >= 0.6 is 0 Å². The monoisotopic (exact) mass is 228 g/mol. The highest BCUT2D eigenvalue weighted by molar-refractivity contribution is 5.87. The molecular weight excluding hydrogens is 212 g/mol. The first-order valence-corrected chi connectivity index (χ1v) is 5.66. The maximum atomic E-state index is 11.0. The van der Waals surface area contributed by atoms with Crippen molar-refractivity contribution >= 4 is 6.29 Å². The van der Waals surface area contributed by atoms with Gasteiger partial charge in [-0.2, -0.15) is 0 Å². The summed E-state index contributed by atoms with van der Waals surface area (Å²) in [7, 11) is 0. The summed E-state index contributed by atoms with van der Waals surface area (Å²) in [6, 6.07) is 4.03. The van der Waals surface area contributed by atoms with Gasteiger partial charge in [0.1, 0.15) is 0 Å². The molecule has 0 saturated heterocycles. The van der Waals surface area contributed by atoms with Crippen LogP contribution in [0, 0.1) is 27.7 Å². The lowest BCUT2D eigenvalue weighted by atomic mass is 9.90. The lowest BCUT2D eigenvalue weighted by Crippen LogP contribution is -1.96. The van der Waals surface area contributed by atoms with E-state index < -0.39 is 0 Å². The summed E-state index contributed by atoms with van der Waals surface area (Å²) >= 11 is 0. The first kappa shape index (κ1) is 11.6. The van der Waals surface area contributed by atoms with E-state index in [-0.39, 0.29) is 0 Å². The summed E-state index contributed by atoms with van der Waals surface area (Å²) in [5.41, 5.74) is 6.90. The predicted molar refractivity (Wildman–Crippen MR) is 68.5 cm³/mol. The van der Waals surface area contributed by atoms with Gasteiger partial charge in [-0.15, -0.1) is 0 Å². The van der Waals surface area contributed by atoms with E-state index >= 15 is 0 Å². The molecule has 0 aliphatic carbocycles. The number of aldehydes is 1. The molecule has 0 fully saturated rings. The van der Waals surface area contributed by atoms with Gasteiger partial charge < -0.3 is 4.42 Å². The summed E-state index contributed by atoms with van der Waals surface area (Å²) in [6.07, 6.45) is 2.33. The van der Waals surface area contributed by atoms with Crippen molar-refractivity contribution in [1.82, 2.24) is 0 Å². The Labute approximate surface area is 101 Å². The third kappa shape index (κ3) is 1.80. The van der Waals surface area contributed by atoms with Crippen LogP contribution < -0.4 is 0 Å².